The molecule has 4 aromatic carbocycles. The molecule has 0 heterocycles. The van der Waals surface area contributed by atoms with Crippen LogP contribution in [0.4, 0.5) is 16.2 Å². The number of nitrogens with one attached hydrogen (secondary N) is 2. The Balaban J connectivity index is 1.70. The number of halogens is 3. The Bertz CT molecular complexity index is 1470. The number of anilines is 2. The highest BCUT2D eigenvalue weighted by Gasteiger charge is 2.23. The molecule has 0 aliphatic carbocycles. The van der Waals surface area contributed by atoms with Crippen LogP contribution in [-0.4, -0.2) is 34.5 Å². The number of rotatable bonds is 7. The summed E-state index contributed by atoms with van der Waals surface area (Å²) >= 11 is 18.3. The molecule has 4 aromatic rings. The predicted octanol–water partition coefficient (Wildman–Crippen LogP) is 7.17. The zero-order valence-electron chi connectivity index (χ0n) is 19.2. The Morgan fingerprint density at radius 3 is 2.00 bits per heavy atom. The molecule has 0 aromatic heterocycles. The number of carbonyl (C=O) groups is 3. The van der Waals surface area contributed by atoms with Crippen molar-refractivity contribution in [2.45, 2.75) is 6.54 Å². The third kappa shape index (κ3) is 6.51. The zero-order valence-corrected chi connectivity index (χ0v) is 21.4. The molecule has 0 fully saturated rings. The summed E-state index contributed by atoms with van der Waals surface area (Å²) in [6.07, 6.45) is 0. The first kappa shape index (κ1) is 26.3. The Labute approximate surface area is 227 Å². The Morgan fingerprint density at radius 2 is 1.38 bits per heavy atom. The van der Waals surface area contributed by atoms with Crippen molar-refractivity contribution in [1.29, 1.82) is 0 Å². The number of hydrogen-bond donors (Lipinski definition) is 3. The van der Waals surface area contributed by atoms with Gasteiger partial charge in [-0.3, -0.25) is 9.59 Å². The molecule has 7 nitrogen and oxygen atoms in total. The highest BCUT2D eigenvalue weighted by molar-refractivity contribution is 6.42. The minimum atomic E-state index is -1.16. The Hall–Kier alpha value is -3.78. The van der Waals surface area contributed by atoms with E-state index in [1.165, 1.54) is 17.0 Å². The number of nitrogens with zero attached hydrogens (tertiary/aromatic N) is 1. The van der Waals surface area contributed by atoms with E-state index in [4.69, 9.17) is 34.8 Å². The summed E-state index contributed by atoms with van der Waals surface area (Å²) < 4.78 is 0. The summed E-state index contributed by atoms with van der Waals surface area (Å²) in [6.45, 7) is -0.456. The van der Waals surface area contributed by atoms with Crippen molar-refractivity contribution in [3.63, 3.8) is 0 Å². The summed E-state index contributed by atoms with van der Waals surface area (Å²) in [7, 11) is 0. The standard InChI is InChI=1S/C27H20Cl3N3O4/c28-19-12-21(29)25(22(30)13-19)32-27(37)31-23-11-18-9-5-4-8-17(18)10-20(23)26(36)33(15-24(34)35)14-16-6-2-1-3-7-16/h1-13H,14-15H2,(H,34,35)(H2,31,32,37). The van der Waals surface area contributed by atoms with Gasteiger partial charge in [0.15, 0.2) is 0 Å². The average molecular weight is 557 g/mol. The third-order valence-electron chi connectivity index (χ3n) is 5.44. The number of fused-ring (bicyclic) bond motifs is 1. The van der Waals surface area contributed by atoms with E-state index in [0.717, 1.165) is 16.3 Å². The van der Waals surface area contributed by atoms with Crippen molar-refractivity contribution < 1.29 is 19.5 Å². The average Bonchev–Trinajstić information content (AvgIpc) is 2.85. The molecule has 0 aliphatic rings. The van der Waals surface area contributed by atoms with E-state index >= 15 is 0 Å². The van der Waals surface area contributed by atoms with Gasteiger partial charge in [0.25, 0.3) is 5.91 Å². The maximum absolute atomic E-state index is 13.7. The lowest BCUT2D eigenvalue weighted by atomic mass is 10.0. The van der Waals surface area contributed by atoms with Gasteiger partial charge in [0, 0.05) is 11.6 Å². The van der Waals surface area contributed by atoms with Crippen LogP contribution >= 0.6 is 34.8 Å². The predicted molar refractivity (Wildman–Crippen MR) is 147 cm³/mol. The number of carboxylic acid groups (broad SMARTS) is 1. The number of amides is 3. The first-order valence-corrected chi connectivity index (χ1v) is 12.1. The van der Waals surface area contributed by atoms with Crippen molar-refractivity contribution >= 4 is 74.9 Å². The lowest BCUT2D eigenvalue weighted by Crippen LogP contribution is -2.36. The van der Waals surface area contributed by atoms with Crippen molar-refractivity contribution in [3.05, 3.63) is 105 Å². The van der Waals surface area contributed by atoms with Gasteiger partial charge in [-0.1, -0.05) is 89.4 Å². The number of urea groups is 1. The monoisotopic (exact) mass is 555 g/mol. The van der Waals surface area contributed by atoms with Crippen LogP contribution in [0.1, 0.15) is 15.9 Å². The van der Waals surface area contributed by atoms with Crippen LogP contribution in [0.15, 0.2) is 78.9 Å². The number of hydrogen-bond acceptors (Lipinski definition) is 3. The van der Waals surface area contributed by atoms with Gasteiger partial charge in [0.2, 0.25) is 0 Å². The molecule has 0 saturated carbocycles. The van der Waals surface area contributed by atoms with Crippen molar-refractivity contribution in [3.8, 4) is 0 Å². The van der Waals surface area contributed by atoms with Gasteiger partial charge in [-0.05, 0) is 40.6 Å². The molecule has 0 bridgehead atoms. The molecule has 0 atom stereocenters. The van der Waals surface area contributed by atoms with Gasteiger partial charge in [-0.25, -0.2) is 4.79 Å². The lowest BCUT2D eigenvalue weighted by molar-refractivity contribution is -0.137. The number of carbonyl (C=O) groups excluding carboxylic acids is 2. The van der Waals surface area contributed by atoms with E-state index < -0.39 is 24.5 Å². The molecule has 4 rings (SSSR count). The molecule has 3 amide bonds. The number of benzene rings is 4. The smallest absolute Gasteiger partial charge is 0.323 e. The van der Waals surface area contributed by atoms with Gasteiger partial charge in [0.1, 0.15) is 6.54 Å². The summed E-state index contributed by atoms with van der Waals surface area (Å²) in [5, 5.41) is 16.8. The van der Waals surface area contributed by atoms with Gasteiger partial charge >= 0.3 is 12.0 Å². The van der Waals surface area contributed by atoms with E-state index in [1.54, 1.807) is 36.4 Å². The topological polar surface area (TPSA) is 98.7 Å². The third-order valence-corrected chi connectivity index (χ3v) is 6.25. The minimum absolute atomic E-state index is 0.0699. The number of aliphatic carboxylic acids is 1. The molecular formula is C27H20Cl3N3O4. The largest absolute Gasteiger partial charge is 0.480 e. The van der Waals surface area contributed by atoms with E-state index in [1.807, 2.05) is 30.3 Å². The fourth-order valence-corrected chi connectivity index (χ4v) is 4.70. The van der Waals surface area contributed by atoms with Crippen LogP contribution in [0.3, 0.4) is 0 Å². The molecule has 0 spiro atoms. The normalized spacial score (nSPS) is 10.7. The summed E-state index contributed by atoms with van der Waals surface area (Å²) in [5.41, 5.74) is 1.22. The van der Waals surface area contributed by atoms with Crippen molar-refractivity contribution in [2.75, 3.05) is 17.2 Å². The fraction of sp³-hybridized carbons (Fsp3) is 0.0741. The summed E-state index contributed by atoms with van der Waals surface area (Å²) in [4.78, 5) is 39.4. The van der Waals surface area contributed by atoms with Gasteiger partial charge < -0.3 is 20.6 Å². The maximum Gasteiger partial charge on any atom is 0.323 e. The van der Waals surface area contributed by atoms with E-state index in [0.29, 0.717) is 5.02 Å². The van der Waals surface area contributed by atoms with Crippen LogP contribution < -0.4 is 10.6 Å². The molecule has 0 aliphatic heterocycles. The van der Waals surface area contributed by atoms with Gasteiger partial charge in [-0.15, -0.1) is 0 Å². The van der Waals surface area contributed by atoms with Crippen LogP contribution in [0, 0.1) is 0 Å². The molecule has 3 N–H and O–H groups in total. The zero-order chi connectivity index (χ0) is 26.5. The first-order chi connectivity index (χ1) is 17.7. The number of carboxylic acids is 1. The van der Waals surface area contributed by atoms with Crippen LogP contribution in [0.5, 0.6) is 0 Å². The van der Waals surface area contributed by atoms with Crippen LogP contribution in [0.2, 0.25) is 15.1 Å². The van der Waals surface area contributed by atoms with Crippen molar-refractivity contribution in [2.24, 2.45) is 0 Å². The van der Waals surface area contributed by atoms with Crippen molar-refractivity contribution in [1.82, 2.24) is 4.90 Å². The minimum Gasteiger partial charge on any atom is -0.480 e. The second kappa shape index (κ2) is 11.5. The second-order valence-electron chi connectivity index (χ2n) is 8.11. The Kier molecular flexibility index (Phi) is 8.18. The molecular weight excluding hydrogens is 537 g/mol. The SMILES string of the molecule is O=C(O)CN(Cc1ccccc1)C(=O)c1cc2ccccc2cc1NC(=O)Nc1c(Cl)cc(Cl)cc1Cl. The molecule has 0 unspecified atom stereocenters. The first-order valence-electron chi connectivity index (χ1n) is 11.0. The summed E-state index contributed by atoms with van der Waals surface area (Å²) in [5.74, 6) is -1.72. The van der Waals surface area contributed by atoms with Gasteiger partial charge in [0.05, 0.1) is 27.0 Å². The molecule has 37 heavy (non-hydrogen) atoms. The quantitative estimate of drug-likeness (QED) is 0.225. The van der Waals surface area contributed by atoms with E-state index in [9.17, 15) is 19.5 Å². The molecule has 10 heteroatoms. The highest BCUT2D eigenvalue weighted by Crippen LogP contribution is 2.34. The Morgan fingerprint density at radius 1 is 0.784 bits per heavy atom. The highest BCUT2D eigenvalue weighted by atomic mass is 35.5. The van der Waals surface area contributed by atoms with E-state index in [-0.39, 0.29) is 33.5 Å². The fourth-order valence-electron chi connectivity index (χ4n) is 3.79. The van der Waals surface area contributed by atoms with Crippen LogP contribution in [-0.2, 0) is 11.3 Å². The lowest BCUT2D eigenvalue weighted by Gasteiger charge is -2.23. The van der Waals surface area contributed by atoms with E-state index in [2.05, 4.69) is 10.6 Å². The summed E-state index contributed by atoms with van der Waals surface area (Å²) in [6, 6.07) is 21.8. The maximum atomic E-state index is 13.7. The van der Waals surface area contributed by atoms with Gasteiger partial charge in [-0.2, -0.15) is 0 Å². The molecule has 0 saturated heterocycles. The second-order valence-corrected chi connectivity index (χ2v) is 9.36. The molecule has 188 valence electrons. The molecule has 0 radical (unpaired) electrons. The van der Waals surface area contributed by atoms with Crippen LogP contribution in [0.25, 0.3) is 10.8 Å².